The van der Waals surface area contributed by atoms with Crippen LogP contribution in [-0.2, 0) is 9.53 Å². The number of nitrogens with one attached hydrogen (secondary N) is 1. The van der Waals surface area contributed by atoms with Gasteiger partial charge in [-0.3, -0.25) is 4.79 Å². The molecule has 12 heavy (non-hydrogen) atoms. The summed E-state index contributed by atoms with van der Waals surface area (Å²) in [5, 5.41) is 11.6. The van der Waals surface area contributed by atoms with E-state index in [1.54, 1.807) is 7.05 Å². The van der Waals surface area contributed by atoms with E-state index in [4.69, 9.17) is 9.84 Å². The van der Waals surface area contributed by atoms with Crippen LogP contribution in [0.2, 0.25) is 0 Å². The van der Waals surface area contributed by atoms with Crippen LogP contribution in [0, 0.1) is 5.92 Å². The Morgan fingerprint density at radius 1 is 1.83 bits per heavy atom. The summed E-state index contributed by atoms with van der Waals surface area (Å²) in [6.07, 6.45) is 1.16. The second-order valence-electron chi connectivity index (χ2n) is 3.12. The number of carboxylic acid groups (broad SMARTS) is 1. The lowest BCUT2D eigenvalue weighted by Gasteiger charge is -2.19. The largest absolute Gasteiger partial charge is 0.481 e. The van der Waals surface area contributed by atoms with Crippen molar-refractivity contribution >= 4 is 5.97 Å². The lowest BCUT2D eigenvalue weighted by atomic mass is 9.96. The van der Waals surface area contributed by atoms with Crippen LogP contribution in [0.15, 0.2) is 0 Å². The molecule has 0 aliphatic carbocycles. The summed E-state index contributed by atoms with van der Waals surface area (Å²) in [6.45, 7) is 1.46. The molecule has 0 saturated carbocycles. The average Bonchev–Trinajstić information content (AvgIpc) is 2.51. The third-order valence-corrected chi connectivity index (χ3v) is 2.30. The molecule has 4 heteroatoms. The highest BCUT2D eigenvalue weighted by molar-refractivity contribution is 5.67. The van der Waals surface area contributed by atoms with Gasteiger partial charge in [0, 0.05) is 18.6 Å². The molecule has 1 rings (SSSR count). The van der Waals surface area contributed by atoms with Gasteiger partial charge in [0.2, 0.25) is 0 Å². The minimum atomic E-state index is -0.749. The van der Waals surface area contributed by atoms with Crippen LogP contribution in [0.4, 0.5) is 0 Å². The number of aliphatic carboxylic acids is 1. The summed E-state index contributed by atoms with van der Waals surface area (Å²) >= 11 is 0. The maximum Gasteiger partial charge on any atom is 0.304 e. The first kappa shape index (κ1) is 9.48. The molecule has 1 aliphatic rings. The van der Waals surface area contributed by atoms with Gasteiger partial charge < -0.3 is 15.2 Å². The van der Waals surface area contributed by atoms with Crippen molar-refractivity contribution in [3.8, 4) is 0 Å². The second-order valence-corrected chi connectivity index (χ2v) is 3.12. The quantitative estimate of drug-likeness (QED) is 0.632. The molecule has 4 nitrogen and oxygen atoms in total. The van der Waals surface area contributed by atoms with Gasteiger partial charge in [0.15, 0.2) is 0 Å². The van der Waals surface area contributed by atoms with Crippen LogP contribution in [0.3, 0.4) is 0 Å². The van der Waals surface area contributed by atoms with Crippen molar-refractivity contribution in [2.24, 2.45) is 5.92 Å². The van der Waals surface area contributed by atoms with Gasteiger partial charge in [0.25, 0.3) is 0 Å². The molecule has 0 spiro atoms. The van der Waals surface area contributed by atoms with E-state index in [1.807, 2.05) is 0 Å². The first-order chi connectivity index (χ1) is 5.74. The van der Waals surface area contributed by atoms with Gasteiger partial charge in [0.1, 0.15) is 0 Å². The normalized spacial score (nSPS) is 25.6. The van der Waals surface area contributed by atoms with Gasteiger partial charge in [-0.15, -0.1) is 0 Å². The molecule has 2 N–H and O–H groups in total. The van der Waals surface area contributed by atoms with Crippen molar-refractivity contribution in [2.45, 2.75) is 18.9 Å². The Bertz CT molecular complexity index is 154. The molecular weight excluding hydrogens is 158 g/mol. The van der Waals surface area contributed by atoms with Gasteiger partial charge >= 0.3 is 5.97 Å². The van der Waals surface area contributed by atoms with Crippen LogP contribution < -0.4 is 5.32 Å². The van der Waals surface area contributed by atoms with Crippen LogP contribution in [0.1, 0.15) is 12.8 Å². The number of hydrogen-bond donors (Lipinski definition) is 2. The van der Waals surface area contributed by atoms with Crippen LogP contribution in [0.25, 0.3) is 0 Å². The van der Waals surface area contributed by atoms with Gasteiger partial charge in [-0.2, -0.15) is 0 Å². The first-order valence-electron chi connectivity index (χ1n) is 4.21. The molecule has 0 amide bonds. The lowest BCUT2D eigenvalue weighted by Crippen LogP contribution is -2.35. The molecule has 0 aromatic rings. The Balaban J connectivity index is 2.37. The maximum atomic E-state index is 10.4. The van der Waals surface area contributed by atoms with E-state index in [1.165, 1.54) is 0 Å². The predicted molar refractivity (Wildman–Crippen MR) is 44.0 cm³/mol. The molecule has 0 bridgehead atoms. The van der Waals surface area contributed by atoms with Crippen molar-refractivity contribution in [2.75, 3.05) is 20.3 Å². The van der Waals surface area contributed by atoms with Crippen LogP contribution in [-0.4, -0.2) is 37.4 Å². The van der Waals surface area contributed by atoms with E-state index >= 15 is 0 Å². The Hall–Kier alpha value is -0.610. The molecule has 1 saturated heterocycles. The SMILES string of the molecule is CNC(CC(=O)O)C1CCOC1. The standard InChI is InChI=1S/C8H15NO3/c1-9-7(4-8(10)11)6-2-3-12-5-6/h6-7,9H,2-5H2,1H3,(H,10,11). The van der Waals surface area contributed by atoms with Crippen LogP contribution in [0.5, 0.6) is 0 Å². The molecular formula is C8H15NO3. The minimum Gasteiger partial charge on any atom is -0.481 e. The summed E-state index contributed by atoms with van der Waals surface area (Å²) in [7, 11) is 1.80. The fourth-order valence-electron chi connectivity index (χ4n) is 1.56. The smallest absolute Gasteiger partial charge is 0.304 e. The topological polar surface area (TPSA) is 58.6 Å². The fraction of sp³-hybridized carbons (Fsp3) is 0.875. The summed E-state index contributed by atoms with van der Waals surface area (Å²) < 4.78 is 5.19. The highest BCUT2D eigenvalue weighted by atomic mass is 16.5. The Morgan fingerprint density at radius 3 is 3.00 bits per heavy atom. The summed E-state index contributed by atoms with van der Waals surface area (Å²) in [5.41, 5.74) is 0. The summed E-state index contributed by atoms with van der Waals surface area (Å²) in [6, 6.07) is 0.0602. The summed E-state index contributed by atoms with van der Waals surface area (Å²) in [4.78, 5) is 10.4. The second kappa shape index (κ2) is 4.42. The molecule has 2 atom stereocenters. The van der Waals surface area contributed by atoms with E-state index in [2.05, 4.69) is 5.32 Å². The summed E-state index contributed by atoms with van der Waals surface area (Å²) in [5.74, 6) is -0.382. The number of carbonyl (C=O) groups is 1. The van der Waals surface area contributed by atoms with Crippen molar-refractivity contribution in [3.63, 3.8) is 0 Å². The van der Waals surface area contributed by atoms with Crippen molar-refractivity contribution in [3.05, 3.63) is 0 Å². The Labute approximate surface area is 71.9 Å². The third kappa shape index (κ3) is 2.46. The maximum absolute atomic E-state index is 10.4. The van der Waals surface area contributed by atoms with E-state index in [9.17, 15) is 4.79 Å². The van der Waals surface area contributed by atoms with Crippen molar-refractivity contribution in [1.82, 2.24) is 5.32 Å². The van der Waals surface area contributed by atoms with Gasteiger partial charge in [-0.25, -0.2) is 0 Å². The number of hydrogen-bond acceptors (Lipinski definition) is 3. The van der Waals surface area contributed by atoms with E-state index in [0.717, 1.165) is 13.0 Å². The fourth-order valence-corrected chi connectivity index (χ4v) is 1.56. The zero-order valence-electron chi connectivity index (χ0n) is 7.25. The monoisotopic (exact) mass is 173 g/mol. The van der Waals surface area contributed by atoms with Crippen molar-refractivity contribution in [1.29, 1.82) is 0 Å². The molecule has 0 aromatic heterocycles. The number of ether oxygens (including phenoxy) is 1. The zero-order chi connectivity index (χ0) is 8.97. The van der Waals surface area contributed by atoms with Crippen molar-refractivity contribution < 1.29 is 14.6 Å². The highest BCUT2D eigenvalue weighted by Gasteiger charge is 2.25. The van der Waals surface area contributed by atoms with Gasteiger partial charge in [-0.05, 0) is 13.5 Å². The molecule has 1 aliphatic heterocycles. The van der Waals surface area contributed by atoms with Gasteiger partial charge in [0.05, 0.1) is 13.0 Å². The number of rotatable bonds is 4. The third-order valence-electron chi connectivity index (χ3n) is 2.30. The molecule has 70 valence electrons. The molecule has 0 radical (unpaired) electrons. The zero-order valence-corrected chi connectivity index (χ0v) is 7.25. The molecule has 1 fully saturated rings. The Morgan fingerprint density at radius 2 is 2.58 bits per heavy atom. The Kier molecular flexibility index (Phi) is 3.49. The molecule has 2 unspecified atom stereocenters. The highest BCUT2D eigenvalue weighted by Crippen LogP contribution is 2.18. The minimum absolute atomic E-state index is 0.0602. The van der Waals surface area contributed by atoms with E-state index in [0.29, 0.717) is 12.5 Å². The van der Waals surface area contributed by atoms with Crippen LogP contribution >= 0.6 is 0 Å². The molecule has 0 aromatic carbocycles. The van der Waals surface area contributed by atoms with Gasteiger partial charge in [-0.1, -0.05) is 0 Å². The first-order valence-corrected chi connectivity index (χ1v) is 4.21. The predicted octanol–water partition coefficient (Wildman–Crippen LogP) is 0.0856. The number of carboxylic acids is 1. The lowest BCUT2D eigenvalue weighted by molar-refractivity contribution is -0.137. The average molecular weight is 173 g/mol. The molecule has 1 heterocycles. The van der Waals surface area contributed by atoms with E-state index < -0.39 is 5.97 Å². The van der Waals surface area contributed by atoms with E-state index in [-0.39, 0.29) is 12.5 Å².